The Labute approximate surface area is 185 Å². The number of aryl methyl sites for hydroxylation is 2. The Morgan fingerprint density at radius 2 is 1.57 bits per heavy atom. The number of hydrogen-bond donors (Lipinski definition) is 1. The molecule has 0 aliphatic rings. The van der Waals surface area contributed by atoms with Gasteiger partial charge in [-0.2, -0.15) is 0 Å². The van der Waals surface area contributed by atoms with Gasteiger partial charge in [0.05, 0.1) is 0 Å². The lowest BCUT2D eigenvalue weighted by molar-refractivity contribution is -0.141. The van der Waals surface area contributed by atoms with Gasteiger partial charge < -0.3 is 10.2 Å². The molecule has 0 saturated carbocycles. The highest BCUT2D eigenvalue weighted by atomic mass is 35.5. The highest BCUT2D eigenvalue weighted by molar-refractivity contribution is 6.30. The van der Waals surface area contributed by atoms with Gasteiger partial charge in [-0.25, -0.2) is 0 Å². The van der Waals surface area contributed by atoms with Crippen molar-refractivity contribution in [1.82, 2.24) is 10.2 Å². The molecule has 0 bridgehead atoms. The quantitative estimate of drug-likeness (QED) is 0.558. The van der Waals surface area contributed by atoms with Crippen molar-refractivity contribution in [2.24, 2.45) is 0 Å². The van der Waals surface area contributed by atoms with Crippen LogP contribution in [-0.4, -0.2) is 28.8 Å². The average Bonchev–Trinajstić information content (AvgIpc) is 2.74. The second kappa shape index (κ2) is 11.8. The van der Waals surface area contributed by atoms with Gasteiger partial charge >= 0.3 is 0 Å². The molecule has 0 spiro atoms. The van der Waals surface area contributed by atoms with Crippen molar-refractivity contribution in [3.63, 3.8) is 0 Å². The van der Waals surface area contributed by atoms with Crippen molar-refractivity contribution in [3.05, 3.63) is 70.2 Å². The molecular weight excluding hydrogens is 396 g/mol. The molecular formula is C25H33ClN2O2. The minimum absolute atomic E-state index is 0.0170. The number of hydrogen-bond acceptors (Lipinski definition) is 2. The topological polar surface area (TPSA) is 49.4 Å². The molecule has 0 fully saturated rings. The fourth-order valence-corrected chi connectivity index (χ4v) is 3.42. The first kappa shape index (κ1) is 23.9. The molecule has 2 aromatic carbocycles. The van der Waals surface area contributed by atoms with Gasteiger partial charge in [0.15, 0.2) is 0 Å². The van der Waals surface area contributed by atoms with E-state index in [1.165, 1.54) is 5.56 Å². The molecule has 0 heterocycles. The zero-order chi connectivity index (χ0) is 22.1. The smallest absolute Gasteiger partial charge is 0.243 e. The van der Waals surface area contributed by atoms with Crippen LogP contribution in [0, 0.1) is 6.92 Å². The Morgan fingerprint density at radius 1 is 0.967 bits per heavy atom. The summed E-state index contributed by atoms with van der Waals surface area (Å²) in [6.07, 6.45) is 2.43. The van der Waals surface area contributed by atoms with Crippen LogP contribution in [0.1, 0.15) is 56.7 Å². The van der Waals surface area contributed by atoms with Gasteiger partial charge in [-0.1, -0.05) is 67.4 Å². The first-order chi connectivity index (χ1) is 14.3. The van der Waals surface area contributed by atoms with E-state index >= 15 is 0 Å². The SMILES string of the molecule is CC[C@H](C(=O)N[C@@H](C)CC)N(Cc1ccc(Cl)cc1)C(=O)CCc1ccc(C)cc1. The number of carbonyl (C=O) groups excluding carboxylic acids is 2. The van der Waals surface area contributed by atoms with E-state index in [-0.39, 0.29) is 17.9 Å². The maximum absolute atomic E-state index is 13.2. The normalized spacial score (nSPS) is 12.8. The largest absolute Gasteiger partial charge is 0.352 e. The average molecular weight is 429 g/mol. The Bertz CT molecular complexity index is 818. The molecule has 1 N–H and O–H groups in total. The summed E-state index contributed by atoms with van der Waals surface area (Å²) in [5, 5.41) is 3.69. The second-order valence-electron chi connectivity index (χ2n) is 7.88. The van der Waals surface area contributed by atoms with E-state index in [1.54, 1.807) is 4.90 Å². The molecule has 0 unspecified atom stereocenters. The highest BCUT2D eigenvalue weighted by Crippen LogP contribution is 2.17. The third-order valence-corrected chi connectivity index (χ3v) is 5.65. The molecule has 2 aromatic rings. The van der Waals surface area contributed by atoms with Crippen LogP contribution in [0.4, 0.5) is 0 Å². The third-order valence-electron chi connectivity index (χ3n) is 5.40. The van der Waals surface area contributed by atoms with Gasteiger partial charge in [0.25, 0.3) is 0 Å². The van der Waals surface area contributed by atoms with Crippen LogP contribution in [0.15, 0.2) is 48.5 Å². The fraction of sp³-hybridized carbons (Fsp3) is 0.440. The van der Waals surface area contributed by atoms with Crippen molar-refractivity contribution in [3.8, 4) is 0 Å². The number of rotatable bonds is 10. The van der Waals surface area contributed by atoms with Crippen LogP contribution in [0.5, 0.6) is 0 Å². The van der Waals surface area contributed by atoms with Crippen LogP contribution < -0.4 is 5.32 Å². The molecule has 2 amide bonds. The van der Waals surface area contributed by atoms with Gasteiger partial charge in [0.1, 0.15) is 6.04 Å². The number of halogens is 1. The van der Waals surface area contributed by atoms with E-state index in [4.69, 9.17) is 11.6 Å². The summed E-state index contributed by atoms with van der Waals surface area (Å²) in [5.41, 5.74) is 3.28. The molecule has 0 saturated heterocycles. The van der Waals surface area contributed by atoms with E-state index < -0.39 is 6.04 Å². The van der Waals surface area contributed by atoms with Gasteiger partial charge in [-0.05, 0) is 56.4 Å². The number of nitrogens with one attached hydrogen (secondary N) is 1. The summed E-state index contributed by atoms with van der Waals surface area (Å²) in [7, 11) is 0. The molecule has 0 aliphatic heterocycles. The van der Waals surface area contributed by atoms with Crippen LogP contribution >= 0.6 is 11.6 Å². The summed E-state index contributed by atoms with van der Waals surface area (Å²) in [6.45, 7) is 8.39. The van der Waals surface area contributed by atoms with Gasteiger partial charge in [0, 0.05) is 24.0 Å². The van der Waals surface area contributed by atoms with E-state index in [9.17, 15) is 9.59 Å². The van der Waals surface area contributed by atoms with E-state index in [2.05, 4.69) is 29.6 Å². The number of carbonyl (C=O) groups is 2. The molecule has 5 heteroatoms. The monoisotopic (exact) mass is 428 g/mol. The maximum Gasteiger partial charge on any atom is 0.243 e. The summed E-state index contributed by atoms with van der Waals surface area (Å²) in [5.74, 6) is -0.110. The zero-order valence-corrected chi connectivity index (χ0v) is 19.2. The van der Waals surface area contributed by atoms with Crippen LogP contribution in [0.2, 0.25) is 5.02 Å². The number of nitrogens with zero attached hydrogens (tertiary/aromatic N) is 1. The Hall–Kier alpha value is -2.33. The van der Waals surface area contributed by atoms with Crippen LogP contribution in [-0.2, 0) is 22.6 Å². The summed E-state index contributed by atoms with van der Waals surface area (Å²) >= 11 is 6.01. The van der Waals surface area contributed by atoms with Crippen molar-refractivity contribution in [1.29, 1.82) is 0 Å². The first-order valence-electron chi connectivity index (χ1n) is 10.7. The minimum atomic E-state index is -0.500. The number of amides is 2. The molecule has 30 heavy (non-hydrogen) atoms. The molecule has 0 aromatic heterocycles. The molecule has 2 rings (SSSR count). The summed E-state index contributed by atoms with van der Waals surface area (Å²) in [4.78, 5) is 27.9. The van der Waals surface area contributed by atoms with Gasteiger partial charge in [-0.15, -0.1) is 0 Å². The van der Waals surface area contributed by atoms with E-state index in [0.717, 1.165) is 17.5 Å². The van der Waals surface area contributed by atoms with E-state index in [1.807, 2.05) is 52.0 Å². The molecule has 162 valence electrons. The maximum atomic E-state index is 13.2. The predicted octanol–water partition coefficient (Wildman–Crippen LogP) is 5.30. The molecule has 0 radical (unpaired) electrons. The second-order valence-corrected chi connectivity index (χ2v) is 8.31. The molecule has 4 nitrogen and oxygen atoms in total. The van der Waals surface area contributed by atoms with Crippen molar-refractivity contribution >= 4 is 23.4 Å². The van der Waals surface area contributed by atoms with Crippen molar-refractivity contribution < 1.29 is 9.59 Å². The van der Waals surface area contributed by atoms with Crippen LogP contribution in [0.3, 0.4) is 0 Å². The minimum Gasteiger partial charge on any atom is -0.352 e. The van der Waals surface area contributed by atoms with Crippen molar-refractivity contribution in [2.45, 2.75) is 72.0 Å². The molecule has 2 atom stereocenters. The lowest BCUT2D eigenvalue weighted by Gasteiger charge is -2.31. The summed E-state index contributed by atoms with van der Waals surface area (Å²) < 4.78 is 0. The highest BCUT2D eigenvalue weighted by Gasteiger charge is 2.28. The predicted molar refractivity (Wildman–Crippen MR) is 123 cm³/mol. The van der Waals surface area contributed by atoms with E-state index in [0.29, 0.717) is 30.8 Å². The summed E-state index contributed by atoms with van der Waals surface area (Å²) in [6, 6.07) is 15.2. The number of benzene rings is 2. The van der Waals surface area contributed by atoms with Gasteiger partial charge in [0.2, 0.25) is 11.8 Å². The first-order valence-corrected chi connectivity index (χ1v) is 11.1. The lowest BCUT2D eigenvalue weighted by atomic mass is 10.0. The Balaban J connectivity index is 2.19. The third kappa shape index (κ3) is 7.17. The zero-order valence-electron chi connectivity index (χ0n) is 18.5. The van der Waals surface area contributed by atoms with Crippen molar-refractivity contribution in [2.75, 3.05) is 0 Å². The van der Waals surface area contributed by atoms with Gasteiger partial charge in [-0.3, -0.25) is 9.59 Å². The lowest BCUT2D eigenvalue weighted by Crippen LogP contribution is -2.50. The fourth-order valence-electron chi connectivity index (χ4n) is 3.30. The van der Waals surface area contributed by atoms with Crippen LogP contribution in [0.25, 0.3) is 0 Å². The Morgan fingerprint density at radius 3 is 2.13 bits per heavy atom. The standard InChI is InChI=1S/C25H33ClN2O2/c1-5-19(4)27-25(30)23(6-2)28(17-21-11-14-22(26)15-12-21)24(29)16-13-20-9-7-18(3)8-10-20/h7-12,14-15,19,23H,5-6,13,16-17H2,1-4H3,(H,27,30)/t19-,23+/m0/s1. The molecule has 0 aliphatic carbocycles. The Kier molecular flexibility index (Phi) is 9.38.